The maximum Gasteiger partial charge on any atom is -0.0351 e. The van der Waals surface area contributed by atoms with Crippen LogP contribution in [0.2, 0.25) is 0 Å². The normalized spacial score (nSPS) is 14.1. The third-order valence-electron chi connectivity index (χ3n) is 6.32. The van der Waals surface area contributed by atoms with Crippen molar-refractivity contribution in [3.8, 4) is 0 Å². The summed E-state index contributed by atoms with van der Waals surface area (Å²) in [5.41, 5.74) is 0. The third-order valence-corrected chi connectivity index (χ3v) is 6.32. The van der Waals surface area contributed by atoms with Crippen molar-refractivity contribution in [2.75, 3.05) is 0 Å². The van der Waals surface area contributed by atoms with Gasteiger partial charge in [-0.05, 0) is 37.5 Å². The molecular formula is C27H54. The molecule has 0 aromatic carbocycles. The van der Waals surface area contributed by atoms with Crippen LogP contribution in [0, 0.1) is 11.8 Å². The molecule has 162 valence electrons. The van der Waals surface area contributed by atoms with Crippen LogP contribution >= 0.6 is 0 Å². The first-order valence-corrected chi connectivity index (χ1v) is 12.9. The van der Waals surface area contributed by atoms with Crippen molar-refractivity contribution in [3.63, 3.8) is 0 Å². The van der Waals surface area contributed by atoms with Crippen LogP contribution in [0.5, 0.6) is 0 Å². The Labute approximate surface area is 174 Å². The lowest BCUT2D eigenvalue weighted by atomic mass is 9.88. The van der Waals surface area contributed by atoms with E-state index in [1.165, 1.54) is 122 Å². The van der Waals surface area contributed by atoms with E-state index in [2.05, 4.69) is 39.8 Å². The zero-order chi connectivity index (χ0) is 20.0. The summed E-state index contributed by atoms with van der Waals surface area (Å²) in [7, 11) is 0. The molecule has 0 rings (SSSR count). The Morgan fingerprint density at radius 2 is 1.07 bits per heavy atom. The Hall–Kier alpha value is -0.260. The van der Waals surface area contributed by atoms with Crippen molar-refractivity contribution in [1.29, 1.82) is 0 Å². The van der Waals surface area contributed by atoms with Gasteiger partial charge in [0.25, 0.3) is 0 Å². The van der Waals surface area contributed by atoms with Crippen molar-refractivity contribution in [3.05, 3.63) is 12.2 Å². The predicted octanol–water partition coefficient (Wildman–Crippen LogP) is 10.3. The lowest BCUT2D eigenvalue weighted by Gasteiger charge is -2.17. The molecule has 0 amide bonds. The van der Waals surface area contributed by atoms with E-state index in [9.17, 15) is 0 Å². The average Bonchev–Trinajstić information content (AvgIpc) is 2.68. The predicted molar refractivity (Wildman–Crippen MR) is 127 cm³/mol. The first-order valence-electron chi connectivity index (χ1n) is 12.9. The van der Waals surface area contributed by atoms with Gasteiger partial charge in [-0.25, -0.2) is 0 Å². The molecule has 27 heavy (non-hydrogen) atoms. The molecule has 0 spiro atoms. The van der Waals surface area contributed by atoms with E-state index in [4.69, 9.17) is 0 Å². The average molecular weight is 379 g/mol. The quantitative estimate of drug-likeness (QED) is 0.138. The number of unbranched alkanes of at least 4 members (excludes halogenated alkanes) is 11. The first-order chi connectivity index (χ1) is 13.2. The molecular weight excluding hydrogens is 324 g/mol. The van der Waals surface area contributed by atoms with Crippen LogP contribution in [0.3, 0.4) is 0 Å². The van der Waals surface area contributed by atoms with Crippen molar-refractivity contribution in [2.45, 2.75) is 150 Å². The number of rotatable bonds is 21. The molecule has 0 heterocycles. The largest absolute Gasteiger partial charge is 0.0885 e. The highest BCUT2D eigenvalue weighted by Crippen LogP contribution is 2.24. The van der Waals surface area contributed by atoms with Gasteiger partial charge in [0.15, 0.2) is 0 Å². The molecule has 0 bridgehead atoms. The van der Waals surface area contributed by atoms with Crippen LogP contribution in [-0.4, -0.2) is 0 Å². The van der Waals surface area contributed by atoms with E-state index in [1.807, 2.05) is 0 Å². The summed E-state index contributed by atoms with van der Waals surface area (Å²) in [5.74, 6) is 1.91. The topological polar surface area (TPSA) is 0 Å². The Morgan fingerprint density at radius 1 is 0.519 bits per heavy atom. The summed E-state index contributed by atoms with van der Waals surface area (Å²) in [6.07, 6.45) is 31.8. The highest BCUT2D eigenvalue weighted by molar-refractivity contribution is 4.81. The number of hydrogen-bond donors (Lipinski definition) is 0. The van der Waals surface area contributed by atoms with E-state index in [1.54, 1.807) is 0 Å². The molecule has 0 radical (unpaired) electrons. The van der Waals surface area contributed by atoms with Gasteiger partial charge in [-0.2, -0.15) is 0 Å². The van der Waals surface area contributed by atoms with Gasteiger partial charge in [0, 0.05) is 0 Å². The Morgan fingerprint density at radius 3 is 1.70 bits per heavy atom. The van der Waals surface area contributed by atoms with Gasteiger partial charge in [-0.1, -0.05) is 136 Å². The molecule has 0 aliphatic heterocycles. The van der Waals surface area contributed by atoms with E-state index in [0.29, 0.717) is 0 Å². The van der Waals surface area contributed by atoms with E-state index in [0.717, 1.165) is 11.8 Å². The van der Waals surface area contributed by atoms with E-state index >= 15 is 0 Å². The molecule has 2 unspecified atom stereocenters. The molecule has 0 saturated heterocycles. The van der Waals surface area contributed by atoms with Crippen LogP contribution in [0.4, 0.5) is 0 Å². The van der Waals surface area contributed by atoms with Crippen molar-refractivity contribution >= 4 is 0 Å². The minimum atomic E-state index is 0.922. The van der Waals surface area contributed by atoms with Crippen molar-refractivity contribution in [2.24, 2.45) is 11.8 Å². The molecule has 0 heteroatoms. The molecule has 0 nitrogen and oxygen atoms in total. The fourth-order valence-electron chi connectivity index (χ4n) is 4.12. The lowest BCUT2D eigenvalue weighted by Crippen LogP contribution is -2.03. The minimum Gasteiger partial charge on any atom is -0.0885 e. The van der Waals surface area contributed by atoms with Crippen molar-refractivity contribution in [1.82, 2.24) is 0 Å². The molecule has 0 fully saturated rings. The molecule has 2 atom stereocenters. The van der Waals surface area contributed by atoms with Gasteiger partial charge in [0.05, 0.1) is 0 Å². The van der Waals surface area contributed by atoms with E-state index in [-0.39, 0.29) is 0 Å². The number of allylic oxidation sites excluding steroid dienone is 2. The standard InChI is InChI=1S/C27H54/c1-5-8-10-12-14-15-17-18-20-22-26(4)24-25-27(7-3)23-21-19-16-13-11-9-6-2/h15,17,26-27H,5-14,16,18-25H2,1-4H3. The molecule has 0 saturated carbocycles. The molecule has 0 aromatic heterocycles. The van der Waals surface area contributed by atoms with Crippen LogP contribution in [0.15, 0.2) is 12.2 Å². The van der Waals surface area contributed by atoms with Gasteiger partial charge < -0.3 is 0 Å². The Kier molecular flexibility index (Phi) is 21.8. The Bertz CT molecular complexity index is 290. The summed E-state index contributed by atoms with van der Waals surface area (Å²) < 4.78 is 0. The van der Waals surface area contributed by atoms with Gasteiger partial charge in [-0.15, -0.1) is 0 Å². The smallest absolute Gasteiger partial charge is 0.0351 e. The SMILES string of the molecule is CCCCCCC=CCCCC(C)CCC(CC)CCCCCCCCC. The van der Waals surface area contributed by atoms with Crippen LogP contribution in [-0.2, 0) is 0 Å². The highest BCUT2D eigenvalue weighted by atomic mass is 14.1. The Balaban J connectivity index is 3.53. The summed E-state index contributed by atoms with van der Waals surface area (Å²) >= 11 is 0. The van der Waals surface area contributed by atoms with Crippen molar-refractivity contribution < 1.29 is 0 Å². The van der Waals surface area contributed by atoms with Gasteiger partial charge in [0.2, 0.25) is 0 Å². The summed E-state index contributed by atoms with van der Waals surface area (Å²) in [5, 5.41) is 0. The van der Waals surface area contributed by atoms with Crippen LogP contribution < -0.4 is 0 Å². The third kappa shape index (κ3) is 20.3. The minimum absolute atomic E-state index is 0.922. The molecule has 0 N–H and O–H groups in total. The monoisotopic (exact) mass is 378 g/mol. The first kappa shape index (κ1) is 26.7. The molecule has 0 aromatic rings. The zero-order valence-electron chi connectivity index (χ0n) is 19.7. The highest BCUT2D eigenvalue weighted by Gasteiger charge is 2.09. The second-order valence-corrected chi connectivity index (χ2v) is 9.12. The fraction of sp³-hybridized carbons (Fsp3) is 0.926. The summed E-state index contributed by atoms with van der Waals surface area (Å²) in [6.45, 7) is 9.48. The second kappa shape index (κ2) is 22.0. The number of hydrogen-bond acceptors (Lipinski definition) is 0. The second-order valence-electron chi connectivity index (χ2n) is 9.12. The maximum absolute atomic E-state index is 2.48. The molecule has 0 aliphatic carbocycles. The van der Waals surface area contributed by atoms with Crippen LogP contribution in [0.25, 0.3) is 0 Å². The van der Waals surface area contributed by atoms with E-state index < -0.39 is 0 Å². The summed E-state index contributed by atoms with van der Waals surface area (Å²) in [6, 6.07) is 0. The zero-order valence-corrected chi connectivity index (χ0v) is 19.7. The van der Waals surface area contributed by atoms with Gasteiger partial charge >= 0.3 is 0 Å². The lowest BCUT2D eigenvalue weighted by molar-refractivity contribution is 0.355. The molecule has 0 aliphatic rings. The fourth-order valence-corrected chi connectivity index (χ4v) is 4.12. The van der Waals surface area contributed by atoms with Gasteiger partial charge in [-0.3, -0.25) is 0 Å². The maximum atomic E-state index is 2.48. The van der Waals surface area contributed by atoms with Gasteiger partial charge in [0.1, 0.15) is 0 Å². The summed E-state index contributed by atoms with van der Waals surface area (Å²) in [4.78, 5) is 0. The van der Waals surface area contributed by atoms with Crippen LogP contribution in [0.1, 0.15) is 150 Å².